The minimum absolute atomic E-state index is 0.392. The summed E-state index contributed by atoms with van der Waals surface area (Å²) < 4.78 is 0. The molecule has 0 bridgehead atoms. The van der Waals surface area contributed by atoms with Gasteiger partial charge in [0.05, 0.1) is 10.0 Å². The Labute approximate surface area is 80.9 Å². The fraction of sp³-hybridized carbons (Fsp3) is 0.111. The van der Waals surface area contributed by atoms with Gasteiger partial charge in [0.1, 0.15) is 6.10 Å². The summed E-state index contributed by atoms with van der Waals surface area (Å²) in [5.41, 5.74) is 0.576. The van der Waals surface area contributed by atoms with Crippen molar-refractivity contribution in [1.29, 1.82) is 0 Å². The lowest BCUT2D eigenvalue weighted by atomic mass is 10.1. The molecule has 0 unspecified atom stereocenters. The van der Waals surface area contributed by atoms with Crippen LogP contribution >= 0.6 is 23.2 Å². The SMILES string of the molecule is C#C[C@H](O)c1ccc(Cl)c(Cl)c1. The maximum atomic E-state index is 9.21. The molecule has 12 heavy (non-hydrogen) atoms. The second-order valence-electron chi connectivity index (χ2n) is 2.24. The molecule has 3 heteroatoms. The Bertz CT molecular complexity index is 328. The quantitative estimate of drug-likeness (QED) is 0.692. The Balaban J connectivity index is 3.06. The van der Waals surface area contributed by atoms with Gasteiger partial charge in [0, 0.05) is 0 Å². The van der Waals surface area contributed by atoms with Crippen LogP contribution in [-0.4, -0.2) is 5.11 Å². The predicted octanol–water partition coefficient (Wildman–Crippen LogP) is 2.66. The fourth-order valence-electron chi connectivity index (χ4n) is 0.779. The van der Waals surface area contributed by atoms with Crippen molar-refractivity contribution in [2.24, 2.45) is 0 Å². The lowest BCUT2D eigenvalue weighted by molar-refractivity contribution is 0.238. The first-order valence-electron chi connectivity index (χ1n) is 3.24. The van der Waals surface area contributed by atoms with Crippen LogP contribution in [0.2, 0.25) is 10.0 Å². The van der Waals surface area contributed by atoms with E-state index in [1.54, 1.807) is 18.2 Å². The second-order valence-corrected chi connectivity index (χ2v) is 3.06. The maximum Gasteiger partial charge on any atom is 0.140 e. The summed E-state index contributed by atoms with van der Waals surface area (Å²) in [5.74, 6) is 2.18. The molecule has 1 atom stereocenters. The van der Waals surface area contributed by atoms with Crippen LogP contribution in [0.1, 0.15) is 11.7 Å². The van der Waals surface area contributed by atoms with E-state index >= 15 is 0 Å². The Kier molecular flexibility index (Phi) is 2.99. The first-order valence-corrected chi connectivity index (χ1v) is 4.00. The van der Waals surface area contributed by atoms with Crippen molar-refractivity contribution in [2.45, 2.75) is 6.10 Å². The minimum Gasteiger partial charge on any atom is -0.376 e. The highest BCUT2D eigenvalue weighted by molar-refractivity contribution is 6.42. The number of hydrogen-bond acceptors (Lipinski definition) is 1. The molecule has 1 aromatic rings. The van der Waals surface area contributed by atoms with Crippen molar-refractivity contribution in [3.05, 3.63) is 33.8 Å². The molecule has 0 spiro atoms. The Hall–Kier alpha value is -0.680. The van der Waals surface area contributed by atoms with E-state index in [1.165, 1.54) is 0 Å². The highest BCUT2D eigenvalue weighted by atomic mass is 35.5. The second kappa shape index (κ2) is 3.82. The largest absolute Gasteiger partial charge is 0.376 e. The van der Waals surface area contributed by atoms with Crippen molar-refractivity contribution in [2.75, 3.05) is 0 Å². The smallest absolute Gasteiger partial charge is 0.140 e. The van der Waals surface area contributed by atoms with Gasteiger partial charge in [0.2, 0.25) is 0 Å². The number of rotatable bonds is 1. The molecule has 1 nitrogen and oxygen atoms in total. The normalized spacial score (nSPS) is 12.2. The first-order chi connectivity index (χ1) is 5.65. The number of terminal acetylenes is 1. The van der Waals surface area contributed by atoms with Gasteiger partial charge in [-0.2, -0.15) is 0 Å². The molecular formula is C9H6Cl2O. The van der Waals surface area contributed by atoms with Crippen LogP contribution in [-0.2, 0) is 0 Å². The summed E-state index contributed by atoms with van der Waals surface area (Å²) in [7, 11) is 0. The zero-order chi connectivity index (χ0) is 9.14. The van der Waals surface area contributed by atoms with Crippen LogP contribution in [0.25, 0.3) is 0 Å². The zero-order valence-electron chi connectivity index (χ0n) is 6.09. The predicted molar refractivity (Wildman–Crippen MR) is 50.3 cm³/mol. The van der Waals surface area contributed by atoms with Crippen molar-refractivity contribution in [3.8, 4) is 12.3 Å². The van der Waals surface area contributed by atoms with E-state index in [2.05, 4.69) is 5.92 Å². The Morgan fingerprint density at radius 2 is 2.00 bits per heavy atom. The van der Waals surface area contributed by atoms with Crippen LogP contribution in [0.5, 0.6) is 0 Å². The molecule has 0 heterocycles. The average Bonchev–Trinajstić information content (AvgIpc) is 2.08. The molecule has 62 valence electrons. The van der Waals surface area contributed by atoms with Crippen LogP contribution < -0.4 is 0 Å². The minimum atomic E-state index is -0.917. The maximum absolute atomic E-state index is 9.21. The van der Waals surface area contributed by atoms with Crippen LogP contribution in [0, 0.1) is 12.3 Å². The summed E-state index contributed by atoms with van der Waals surface area (Å²) in [6.45, 7) is 0. The monoisotopic (exact) mass is 200 g/mol. The van der Waals surface area contributed by atoms with E-state index in [0.29, 0.717) is 15.6 Å². The van der Waals surface area contributed by atoms with Crippen LogP contribution in [0.15, 0.2) is 18.2 Å². The van der Waals surface area contributed by atoms with Gasteiger partial charge >= 0.3 is 0 Å². The summed E-state index contributed by atoms with van der Waals surface area (Å²) in [6.07, 6.45) is 4.10. The van der Waals surface area contributed by atoms with Crippen LogP contribution in [0.4, 0.5) is 0 Å². The molecule has 0 saturated carbocycles. The van der Waals surface area contributed by atoms with Gasteiger partial charge in [-0.05, 0) is 17.7 Å². The van der Waals surface area contributed by atoms with Gasteiger partial charge in [-0.3, -0.25) is 0 Å². The molecule has 0 saturated heterocycles. The van der Waals surface area contributed by atoms with Crippen molar-refractivity contribution in [3.63, 3.8) is 0 Å². The zero-order valence-corrected chi connectivity index (χ0v) is 7.60. The van der Waals surface area contributed by atoms with E-state index in [-0.39, 0.29) is 0 Å². The van der Waals surface area contributed by atoms with Gasteiger partial charge < -0.3 is 5.11 Å². The van der Waals surface area contributed by atoms with E-state index < -0.39 is 6.10 Å². The van der Waals surface area contributed by atoms with Gasteiger partial charge in [0.25, 0.3) is 0 Å². The number of hydrogen-bond donors (Lipinski definition) is 1. The van der Waals surface area contributed by atoms with Gasteiger partial charge in [-0.1, -0.05) is 35.2 Å². The Morgan fingerprint density at radius 1 is 1.33 bits per heavy atom. The Morgan fingerprint density at radius 3 is 2.50 bits per heavy atom. The third-order valence-electron chi connectivity index (χ3n) is 1.42. The molecule has 0 aromatic heterocycles. The summed E-state index contributed by atoms with van der Waals surface area (Å²) in [4.78, 5) is 0. The molecule has 0 aliphatic heterocycles. The standard InChI is InChI=1S/C9H6Cl2O/c1-2-9(12)6-3-4-7(10)8(11)5-6/h1,3-5,9,12H/t9-/m0/s1. The van der Waals surface area contributed by atoms with E-state index in [4.69, 9.17) is 29.6 Å². The summed E-state index contributed by atoms with van der Waals surface area (Å²) in [6, 6.07) is 4.78. The fourth-order valence-corrected chi connectivity index (χ4v) is 1.09. The number of aliphatic hydroxyl groups is 1. The van der Waals surface area contributed by atoms with E-state index in [0.717, 1.165) is 0 Å². The molecule has 0 amide bonds. The summed E-state index contributed by atoms with van der Waals surface area (Å²) in [5, 5.41) is 10.0. The van der Waals surface area contributed by atoms with Crippen molar-refractivity contribution in [1.82, 2.24) is 0 Å². The van der Waals surface area contributed by atoms with Crippen LogP contribution in [0.3, 0.4) is 0 Å². The molecule has 0 radical (unpaired) electrons. The number of aliphatic hydroxyl groups excluding tert-OH is 1. The molecule has 0 fully saturated rings. The molecule has 1 rings (SSSR count). The highest BCUT2D eigenvalue weighted by Crippen LogP contribution is 2.25. The van der Waals surface area contributed by atoms with Gasteiger partial charge in [0.15, 0.2) is 0 Å². The third kappa shape index (κ3) is 1.92. The summed E-state index contributed by atoms with van der Waals surface area (Å²) >= 11 is 11.4. The lowest BCUT2D eigenvalue weighted by Gasteiger charge is -2.04. The number of benzene rings is 1. The molecule has 1 N–H and O–H groups in total. The number of halogens is 2. The lowest BCUT2D eigenvalue weighted by Crippen LogP contribution is -1.92. The van der Waals surface area contributed by atoms with Crippen molar-refractivity contribution < 1.29 is 5.11 Å². The van der Waals surface area contributed by atoms with E-state index in [9.17, 15) is 5.11 Å². The van der Waals surface area contributed by atoms with Gasteiger partial charge in [-0.15, -0.1) is 6.42 Å². The topological polar surface area (TPSA) is 20.2 Å². The molecule has 0 aliphatic carbocycles. The molecular weight excluding hydrogens is 195 g/mol. The van der Waals surface area contributed by atoms with Crippen molar-refractivity contribution >= 4 is 23.2 Å². The first kappa shape index (κ1) is 9.41. The molecule has 1 aromatic carbocycles. The third-order valence-corrected chi connectivity index (χ3v) is 2.16. The highest BCUT2D eigenvalue weighted by Gasteiger charge is 2.05. The average molecular weight is 201 g/mol. The van der Waals surface area contributed by atoms with Gasteiger partial charge in [-0.25, -0.2) is 0 Å². The van der Waals surface area contributed by atoms with E-state index in [1.807, 2.05) is 0 Å². The molecule has 0 aliphatic rings.